The minimum absolute atomic E-state index is 0.243. The fraction of sp³-hybridized carbons (Fsp3) is 0.0455. The Morgan fingerprint density at radius 1 is 1.00 bits per heavy atom. The first-order chi connectivity index (χ1) is 14.0. The fourth-order valence-corrected chi connectivity index (χ4v) is 4.29. The molecule has 4 aromatic rings. The molecule has 0 atom stereocenters. The van der Waals surface area contributed by atoms with Crippen LogP contribution in [0.25, 0.3) is 34.3 Å². The number of sulfonamides is 1. The molecule has 0 saturated carbocycles. The maximum absolute atomic E-state index is 12.4. The van der Waals surface area contributed by atoms with E-state index in [0.717, 1.165) is 32.5 Å². The number of nitrogens with zero attached hydrogens (tertiary/aromatic N) is 1. The Balaban J connectivity index is 1.71. The normalized spacial score (nSPS) is 12.1. The van der Waals surface area contributed by atoms with Crippen molar-refractivity contribution < 1.29 is 8.42 Å². The Morgan fingerprint density at radius 2 is 1.76 bits per heavy atom. The molecule has 7 heteroatoms. The van der Waals surface area contributed by atoms with E-state index < -0.39 is 10.0 Å². The number of halogens is 1. The molecule has 1 aromatic heterocycles. The van der Waals surface area contributed by atoms with Gasteiger partial charge in [-0.1, -0.05) is 58.4 Å². The number of rotatable bonds is 5. The van der Waals surface area contributed by atoms with Crippen LogP contribution in [0.15, 0.2) is 76.1 Å². The second-order valence-corrected chi connectivity index (χ2v) is 9.21. The Morgan fingerprint density at radius 3 is 2.52 bits per heavy atom. The van der Waals surface area contributed by atoms with Gasteiger partial charge in [0.1, 0.15) is 5.82 Å². The van der Waals surface area contributed by atoms with Crippen molar-refractivity contribution in [2.24, 2.45) is 0 Å². The second kappa shape index (κ2) is 7.94. The Hall–Kier alpha value is -2.74. The second-order valence-electron chi connectivity index (χ2n) is 6.44. The molecule has 0 fully saturated rings. The number of nitrogens with one attached hydrogen (secondary N) is 2. The fourth-order valence-electron chi connectivity index (χ4n) is 3.07. The lowest BCUT2D eigenvalue weighted by atomic mass is 10.1. The number of aromatic nitrogens is 2. The largest absolute Gasteiger partial charge is 0.338 e. The van der Waals surface area contributed by atoms with E-state index in [-0.39, 0.29) is 4.90 Å². The predicted molar refractivity (Wildman–Crippen MR) is 121 cm³/mol. The van der Waals surface area contributed by atoms with Crippen LogP contribution in [-0.4, -0.2) is 25.4 Å². The lowest BCUT2D eigenvalue weighted by Gasteiger charge is -2.09. The summed E-state index contributed by atoms with van der Waals surface area (Å²) in [6, 6.07) is 20.6. The third-order valence-corrected chi connectivity index (χ3v) is 6.56. The smallest absolute Gasteiger partial charge is 0.240 e. The molecule has 0 aliphatic heterocycles. The van der Waals surface area contributed by atoms with Gasteiger partial charge in [0.2, 0.25) is 10.0 Å². The molecular formula is C22H18BrN3O2S. The summed E-state index contributed by atoms with van der Waals surface area (Å²) in [5, 5.41) is 0. The Bertz CT molecular complexity index is 1310. The summed E-state index contributed by atoms with van der Waals surface area (Å²) >= 11 is 3.43. The molecule has 0 bridgehead atoms. The maximum Gasteiger partial charge on any atom is 0.240 e. The molecule has 0 amide bonds. The maximum atomic E-state index is 12.4. The molecule has 0 aliphatic carbocycles. The highest BCUT2D eigenvalue weighted by Crippen LogP contribution is 2.29. The van der Waals surface area contributed by atoms with Gasteiger partial charge in [0.05, 0.1) is 15.9 Å². The summed E-state index contributed by atoms with van der Waals surface area (Å²) < 4.78 is 28.1. The zero-order valence-electron chi connectivity index (χ0n) is 15.6. The summed E-state index contributed by atoms with van der Waals surface area (Å²) in [6.45, 7) is 0. The van der Waals surface area contributed by atoms with E-state index in [1.54, 1.807) is 18.2 Å². The van der Waals surface area contributed by atoms with Crippen molar-refractivity contribution >= 4 is 49.1 Å². The molecule has 0 unspecified atom stereocenters. The van der Waals surface area contributed by atoms with Gasteiger partial charge in [-0.3, -0.25) is 0 Å². The molecule has 4 rings (SSSR count). The topological polar surface area (TPSA) is 74.8 Å². The quantitative estimate of drug-likeness (QED) is 0.430. The van der Waals surface area contributed by atoms with Gasteiger partial charge in [0.15, 0.2) is 0 Å². The van der Waals surface area contributed by atoms with Crippen LogP contribution in [0, 0.1) is 0 Å². The molecule has 1 heterocycles. The van der Waals surface area contributed by atoms with Crippen LogP contribution in [0.1, 0.15) is 11.4 Å². The molecule has 0 aliphatic rings. The summed E-state index contributed by atoms with van der Waals surface area (Å²) in [5.41, 5.74) is 4.16. The molecule has 0 saturated heterocycles. The van der Waals surface area contributed by atoms with Crippen LogP contribution in [0.5, 0.6) is 0 Å². The highest BCUT2D eigenvalue weighted by molar-refractivity contribution is 9.10. The first-order valence-electron chi connectivity index (χ1n) is 8.93. The lowest BCUT2D eigenvalue weighted by molar-refractivity contribution is 0.588. The summed E-state index contributed by atoms with van der Waals surface area (Å²) in [4.78, 5) is 8.14. The highest BCUT2D eigenvalue weighted by Gasteiger charge is 2.17. The van der Waals surface area contributed by atoms with Crippen LogP contribution < -0.4 is 4.72 Å². The van der Waals surface area contributed by atoms with Gasteiger partial charge in [-0.2, -0.15) is 0 Å². The van der Waals surface area contributed by atoms with E-state index in [1.807, 2.05) is 60.7 Å². The zero-order valence-corrected chi connectivity index (χ0v) is 18.0. The standard InChI is InChI=1S/C22H18BrN3O2S/c1-24-29(27,28)21-5-3-2-4-18(21)16-9-12-19-20(14-16)26-22(25-19)13-8-15-6-10-17(23)11-7-15/h2-14,24H,1H3,(H,25,26). The average Bonchev–Trinajstić information content (AvgIpc) is 3.15. The van der Waals surface area contributed by atoms with E-state index in [4.69, 9.17) is 0 Å². The number of benzene rings is 3. The SMILES string of the molecule is CNS(=O)(=O)c1ccccc1-c1ccc2[nH]c(C=Cc3ccc(Br)cc3)nc2c1. The summed E-state index contributed by atoms with van der Waals surface area (Å²) in [5.74, 6) is 0.733. The van der Waals surface area contributed by atoms with Gasteiger partial charge in [-0.25, -0.2) is 18.1 Å². The van der Waals surface area contributed by atoms with Gasteiger partial charge in [-0.15, -0.1) is 0 Å². The van der Waals surface area contributed by atoms with Crippen molar-refractivity contribution in [1.82, 2.24) is 14.7 Å². The summed E-state index contributed by atoms with van der Waals surface area (Å²) in [7, 11) is -2.15. The van der Waals surface area contributed by atoms with Gasteiger partial charge < -0.3 is 4.98 Å². The van der Waals surface area contributed by atoms with Gasteiger partial charge in [0.25, 0.3) is 0 Å². The third-order valence-electron chi connectivity index (χ3n) is 4.56. The average molecular weight is 468 g/mol. The predicted octanol–water partition coefficient (Wildman–Crippen LogP) is 5.07. The number of hydrogen-bond acceptors (Lipinski definition) is 3. The minimum Gasteiger partial charge on any atom is -0.338 e. The number of imidazole rings is 1. The minimum atomic E-state index is -3.56. The molecule has 0 spiro atoms. The molecular weight excluding hydrogens is 450 g/mol. The van der Waals surface area contributed by atoms with E-state index in [2.05, 4.69) is 30.6 Å². The number of H-pyrrole nitrogens is 1. The molecule has 3 aromatic carbocycles. The molecule has 29 heavy (non-hydrogen) atoms. The van der Waals surface area contributed by atoms with Crippen molar-refractivity contribution in [2.75, 3.05) is 7.05 Å². The first kappa shape index (κ1) is 19.6. The Kier molecular flexibility index (Phi) is 5.36. The number of fused-ring (bicyclic) bond motifs is 1. The molecule has 2 N–H and O–H groups in total. The van der Waals surface area contributed by atoms with E-state index >= 15 is 0 Å². The first-order valence-corrected chi connectivity index (χ1v) is 11.2. The lowest BCUT2D eigenvalue weighted by Crippen LogP contribution is -2.19. The van der Waals surface area contributed by atoms with Crippen molar-refractivity contribution in [3.63, 3.8) is 0 Å². The van der Waals surface area contributed by atoms with Crippen molar-refractivity contribution in [1.29, 1.82) is 0 Å². The van der Waals surface area contributed by atoms with Crippen molar-refractivity contribution in [3.8, 4) is 11.1 Å². The van der Waals surface area contributed by atoms with E-state index in [1.165, 1.54) is 7.05 Å². The van der Waals surface area contributed by atoms with Crippen molar-refractivity contribution in [2.45, 2.75) is 4.90 Å². The van der Waals surface area contributed by atoms with Crippen LogP contribution >= 0.6 is 15.9 Å². The van der Waals surface area contributed by atoms with Gasteiger partial charge in [-0.05, 0) is 54.6 Å². The number of aromatic amines is 1. The van der Waals surface area contributed by atoms with Gasteiger partial charge >= 0.3 is 0 Å². The van der Waals surface area contributed by atoms with Crippen LogP contribution in [0.4, 0.5) is 0 Å². The third kappa shape index (κ3) is 4.17. The molecule has 0 radical (unpaired) electrons. The summed E-state index contributed by atoms with van der Waals surface area (Å²) in [6.07, 6.45) is 3.90. The van der Waals surface area contributed by atoms with Crippen LogP contribution in [0.2, 0.25) is 0 Å². The van der Waals surface area contributed by atoms with E-state index in [0.29, 0.717) is 5.56 Å². The van der Waals surface area contributed by atoms with Crippen LogP contribution in [0.3, 0.4) is 0 Å². The number of hydrogen-bond donors (Lipinski definition) is 2. The Labute approximate surface area is 177 Å². The van der Waals surface area contributed by atoms with Crippen molar-refractivity contribution in [3.05, 3.63) is 82.6 Å². The monoisotopic (exact) mass is 467 g/mol. The van der Waals surface area contributed by atoms with Gasteiger partial charge in [0, 0.05) is 10.0 Å². The molecule has 146 valence electrons. The van der Waals surface area contributed by atoms with Crippen LogP contribution in [-0.2, 0) is 10.0 Å². The highest BCUT2D eigenvalue weighted by atomic mass is 79.9. The molecule has 5 nitrogen and oxygen atoms in total. The van der Waals surface area contributed by atoms with E-state index in [9.17, 15) is 8.42 Å². The zero-order chi connectivity index (χ0) is 20.4.